The molecule has 1 aromatic carbocycles. The molecule has 0 saturated heterocycles. The summed E-state index contributed by atoms with van der Waals surface area (Å²) in [6.07, 6.45) is -1.35. The molecule has 0 aliphatic carbocycles. The number of alkyl halides is 1. The topological polar surface area (TPSA) is 20.3 Å². The molecule has 70 valence electrons. The summed E-state index contributed by atoms with van der Waals surface area (Å²) in [6.45, 7) is 1.34. The minimum Gasteiger partial charge on any atom is -0.312 e. The Hall–Kier alpha value is -1.38. The fourth-order valence-corrected chi connectivity index (χ4v) is 0.995. The van der Waals surface area contributed by atoms with Crippen LogP contribution < -0.4 is 0 Å². The maximum absolute atomic E-state index is 13.5. The summed E-state index contributed by atoms with van der Waals surface area (Å²) in [7, 11) is 1.44. The first kappa shape index (κ1) is 9.71. The van der Waals surface area contributed by atoms with Crippen molar-refractivity contribution >= 4 is 5.91 Å². The van der Waals surface area contributed by atoms with Crippen LogP contribution in [0.2, 0.25) is 0 Å². The standard InChI is InChI=1S/C10H12FNO/c1-8(13)12(2)10(11)9-6-4-3-5-7-9/h3-7,10H,1-2H3. The van der Waals surface area contributed by atoms with Crippen molar-refractivity contribution in [2.24, 2.45) is 0 Å². The fourth-order valence-electron chi connectivity index (χ4n) is 0.995. The van der Waals surface area contributed by atoms with Gasteiger partial charge in [-0.05, 0) is 0 Å². The van der Waals surface area contributed by atoms with Crippen LogP contribution in [0.4, 0.5) is 4.39 Å². The first-order valence-corrected chi connectivity index (χ1v) is 4.05. The number of carbonyl (C=O) groups excluding carboxylic acids is 1. The van der Waals surface area contributed by atoms with E-state index in [0.29, 0.717) is 5.56 Å². The van der Waals surface area contributed by atoms with Crippen molar-refractivity contribution in [3.8, 4) is 0 Å². The van der Waals surface area contributed by atoms with E-state index >= 15 is 0 Å². The van der Waals surface area contributed by atoms with Crippen molar-refractivity contribution in [3.63, 3.8) is 0 Å². The third kappa shape index (κ3) is 2.28. The Morgan fingerprint density at radius 1 is 1.38 bits per heavy atom. The molecule has 0 spiro atoms. The summed E-state index contributed by atoms with van der Waals surface area (Å²) in [5, 5.41) is 0. The van der Waals surface area contributed by atoms with E-state index in [1.807, 2.05) is 6.07 Å². The van der Waals surface area contributed by atoms with Crippen molar-refractivity contribution in [3.05, 3.63) is 35.9 Å². The maximum atomic E-state index is 13.5. The predicted molar refractivity (Wildman–Crippen MR) is 48.7 cm³/mol. The molecule has 0 saturated carbocycles. The highest BCUT2D eigenvalue weighted by Gasteiger charge is 2.16. The van der Waals surface area contributed by atoms with Gasteiger partial charge in [-0.2, -0.15) is 0 Å². The molecule has 2 nitrogen and oxygen atoms in total. The molecule has 3 heteroatoms. The summed E-state index contributed by atoms with van der Waals surface area (Å²) in [6, 6.07) is 8.62. The zero-order valence-electron chi connectivity index (χ0n) is 7.70. The molecular formula is C10H12FNO. The molecule has 0 bridgehead atoms. The highest BCUT2D eigenvalue weighted by atomic mass is 19.1. The number of amides is 1. The molecule has 0 heterocycles. The van der Waals surface area contributed by atoms with Gasteiger partial charge in [-0.1, -0.05) is 30.3 Å². The lowest BCUT2D eigenvalue weighted by molar-refractivity contribution is -0.133. The molecule has 1 atom stereocenters. The second-order valence-electron chi connectivity index (χ2n) is 2.88. The Labute approximate surface area is 77.0 Å². The minimum absolute atomic E-state index is 0.281. The third-order valence-corrected chi connectivity index (χ3v) is 1.91. The van der Waals surface area contributed by atoms with Gasteiger partial charge in [0.15, 0.2) is 6.30 Å². The Morgan fingerprint density at radius 2 is 1.92 bits per heavy atom. The molecule has 0 aliphatic heterocycles. The van der Waals surface area contributed by atoms with Crippen molar-refractivity contribution in [2.45, 2.75) is 13.2 Å². The number of nitrogens with zero attached hydrogens (tertiary/aromatic N) is 1. The van der Waals surface area contributed by atoms with Gasteiger partial charge < -0.3 is 4.90 Å². The SMILES string of the molecule is CC(=O)N(C)C(F)c1ccccc1. The minimum atomic E-state index is -1.35. The average Bonchev–Trinajstić information content (AvgIpc) is 2.17. The summed E-state index contributed by atoms with van der Waals surface area (Å²) >= 11 is 0. The first-order chi connectivity index (χ1) is 6.13. The molecule has 0 radical (unpaired) electrons. The Balaban J connectivity index is 2.79. The van der Waals surface area contributed by atoms with E-state index in [1.165, 1.54) is 14.0 Å². The van der Waals surface area contributed by atoms with Crippen LogP contribution in [0.5, 0.6) is 0 Å². The lowest BCUT2D eigenvalue weighted by atomic mass is 10.2. The highest BCUT2D eigenvalue weighted by molar-refractivity contribution is 5.73. The molecule has 1 rings (SSSR count). The highest BCUT2D eigenvalue weighted by Crippen LogP contribution is 2.19. The van der Waals surface area contributed by atoms with Crippen molar-refractivity contribution in [1.82, 2.24) is 4.90 Å². The van der Waals surface area contributed by atoms with Gasteiger partial charge in [-0.15, -0.1) is 0 Å². The number of hydrogen-bond acceptors (Lipinski definition) is 1. The third-order valence-electron chi connectivity index (χ3n) is 1.91. The number of benzene rings is 1. The summed E-state index contributed by atoms with van der Waals surface area (Å²) in [4.78, 5) is 11.9. The van der Waals surface area contributed by atoms with Gasteiger partial charge in [0, 0.05) is 19.5 Å². The monoisotopic (exact) mass is 181 g/mol. The van der Waals surface area contributed by atoms with Crippen LogP contribution in [-0.4, -0.2) is 17.9 Å². The van der Waals surface area contributed by atoms with E-state index in [0.717, 1.165) is 4.90 Å². The van der Waals surface area contributed by atoms with E-state index in [-0.39, 0.29) is 5.91 Å². The van der Waals surface area contributed by atoms with E-state index in [9.17, 15) is 9.18 Å². The summed E-state index contributed by atoms with van der Waals surface area (Å²) in [5.74, 6) is -0.281. The number of halogens is 1. The van der Waals surface area contributed by atoms with Crippen molar-refractivity contribution in [2.75, 3.05) is 7.05 Å². The van der Waals surface area contributed by atoms with Crippen molar-refractivity contribution < 1.29 is 9.18 Å². The predicted octanol–water partition coefficient (Wildman–Crippen LogP) is 2.13. The van der Waals surface area contributed by atoms with E-state index in [2.05, 4.69) is 0 Å². The summed E-state index contributed by atoms with van der Waals surface area (Å²) in [5.41, 5.74) is 0.500. The second kappa shape index (κ2) is 4.03. The van der Waals surface area contributed by atoms with Crippen LogP contribution in [0, 0.1) is 0 Å². The fraction of sp³-hybridized carbons (Fsp3) is 0.300. The Morgan fingerprint density at radius 3 is 2.38 bits per heavy atom. The van der Waals surface area contributed by atoms with E-state index < -0.39 is 6.30 Å². The summed E-state index contributed by atoms with van der Waals surface area (Å²) < 4.78 is 13.5. The number of rotatable bonds is 2. The van der Waals surface area contributed by atoms with Crippen LogP contribution in [0.25, 0.3) is 0 Å². The van der Waals surface area contributed by atoms with E-state index in [4.69, 9.17) is 0 Å². The van der Waals surface area contributed by atoms with Crippen LogP contribution in [0.15, 0.2) is 30.3 Å². The Kier molecular flexibility index (Phi) is 3.01. The van der Waals surface area contributed by atoms with E-state index in [1.54, 1.807) is 24.3 Å². The molecule has 0 N–H and O–H groups in total. The van der Waals surface area contributed by atoms with Gasteiger partial charge in [0.05, 0.1) is 0 Å². The number of hydrogen-bond donors (Lipinski definition) is 0. The smallest absolute Gasteiger partial charge is 0.221 e. The molecule has 0 aromatic heterocycles. The number of carbonyl (C=O) groups is 1. The molecule has 1 amide bonds. The van der Waals surface area contributed by atoms with Crippen LogP contribution in [-0.2, 0) is 4.79 Å². The molecule has 1 unspecified atom stereocenters. The van der Waals surface area contributed by atoms with Gasteiger partial charge in [0.25, 0.3) is 0 Å². The zero-order chi connectivity index (χ0) is 9.84. The second-order valence-corrected chi connectivity index (χ2v) is 2.88. The van der Waals surface area contributed by atoms with Gasteiger partial charge in [0.1, 0.15) is 0 Å². The molecule has 1 aromatic rings. The van der Waals surface area contributed by atoms with Crippen LogP contribution in [0.1, 0.15) is 18.8 Å². The lowest BCUT2D eigenvalue weighted by Gasteiger charge is -2.19. The molecule has 0 aliphatic rings. The quantitative estimate of drug-likeness (QED) is 0.640. The zero-order valence-corrected chi connectivity index (χ0v) is 7.70. The average molecular weight is 181 g/mol. The molecule has 0 fully saturated rings. The van der Waals surface area contributed by atoms with Crippen molar-refractivity contribution in [1.29, 1.82) is 0 Å². The Bertz CT molecular complexity index is 286. The molecule has 13 heavy (non-hydrogen) atoms. The van der Waals surface area contributed by atoms with Crippen LogP contribution in [0.3, 0.4) is 0 Å². The van der Waals surface area contributed by atoms with Crippen LogP contribution >= 0.6 is 0 Å². The van der Waals surface area contributed by atoms with Gasteiger partial charge in [-0.3, -0.25) is 4.79 Å². The normalized spacial score (nSPS) is 12.2. The van der Waals surface area contributed by atoms with Gasteiger partial charge in [0.2, 0.25) is 5.91 Å². The first-order valence-electron chi connectivity index (χ1n) is 4.05. The van der Waals surface area contributed by atoms with Gasteiger partial charge in [-0.25, -0.2) is 4.39 Å². The maximum Gasteiger partial charge on any atom is 0.221 e. The van der Waals surface area contributed by atoms with Gasteiger partial charge >= 0.3 is 0 Å². The molecular weight excluding hydrogens is 169 g/mol. The lowest BCUT2D eigenvalue weighted by Crippen LogP contribution is -2.26. The largest absolute Gasteiger partial charge is 0.312 e.